The van der Waals surface area contributed by atoms with E-state index in [1.54, 1.807) is 0 Å². The number of nitrogens with one attached hydrogen (secondary N) is 2. The Balaban J connectivity index is 3.44. The van der Waals surface area contributed by atoms with Crippen LogP contribution in [0.4, 0.5) is 4.79 Å². The lowest BCUT2D eigenvalue weighted by Crippen LogP contribution is -2.35. The molecule has 0 aromatic carbocycles. The molecular weight excluding hydrogens is 208 g/mol. The fourth-order valence-electron chi connectivity index (χ4n) is 1.37. The van der Waals surface area contributed by atoms with E-state index in [4.69, 9.17) is 10.2 Å². The van der Waals surface area contributed by atoms with Crippen LogP contribution >= 0.6 is 0 Å². The van der Waals surface area contributed by atoms with Gasteiger partial charge in [0.05, 0.1) is 6.61 Å². The van der Waals surface area contributed by atoms with Crippen LogP contribution in [0.25, 0.3) is 0 Å². The van der Waals surface area contributed by atoms with E-state index in [-0.39, 0.29) is 12.6 Å². The lowest BCUT2D eigenvalue weighted by atomic mass is 10.1. The quantitative estimate of drug-likeness (QED) is 0.448. The monoisotopic (exact) mass is 232 g/mol. The second-order valence-electron chi connectivity index (χ2n) is 4.41. The Morgan fingerprint density at radius 2 is 2.00 bits per heavy atom. The Bertz CT molecular complexity index is 186. The van der Waals surface area contributed by atoms with Crippen molar-refractivity contribution in [3.63, 3.8) is 0 Å². The summed E-state index contributed by atoms with van der Waals surface area (Å²) in [6.45, 7) is 5.77. The van der Waals surface area contributed by atoms with Gasteiger partial charge in [0.15, 0.2) is 0 Å². The molecule has 0 fully saturated rings. The largest absolute Gasteiger partial charge is 0.465 e. The Morgan fingerprint density at radius 3 is 2.50 bits per heavy atom. The third-order valence-electron chi connectivity index (χ3n) is 2.29. The standard InChI is InChI=1S/C11H24N2O3/c1-9(2)7-13-10(8-14)5-3-4-6-12-11(15)16/h9-10,12-14H,3-8H2,1-2H3,(H,15,16)/t10-/m0/s1. The van der Waals surface area contributed by atoms with Crippen LogP contribution in [0, 0.1) is 5.92 Å². The van der Waals surface area contributed by atoms with Crippen molar-refractivity contribution in [1.29, 1.82) is 0 Å². The van der Waals surface area contributed by atoms with Crippen molar-refractivity contribution in [2.45, 2.75) is 39.2 Å². The van der Waals surface area contributed by atoms with Crippen molar-refractivity contribution in [2.75, 3.05) is 19.7 Å². The van der Waals surface area contributed by atoms with Gasteiger partial charge in [-0.1, -0.05) is 20.3 Å². The fourth-order valence-corrected chi connectivity index (χ4v) is 1.37. The molecule has 0 heterocycles. The van der Waals surface area contributed by atoms with Gasteiger partial charge in [0.25, 0.3) is 0 Å². The lowest BCUT2D eigenvalue weighted by Gasteiger charge is -2.17. The van der Waals surface area contributed by atoms with E-state index < -0.39 is 6.09 Å². The second kappa shape index (κ2) is 9.42. The normalized spacial score (nSPS) is 12.8. The summed E-state index contributed by atoms with van der Waals surface area (Å²) in [7, 11) is 0. The first-order valence-electron chi connectivity index (χ1n) is 5.87. The molecule has 4 N–H and O–H groups in total. The first-order valence-corrected chi connectivity index (χ1v) is 5.87. The smallest absolute Gasteiger partial charge is 0.404 e. The molecule has 0 saturated heterocycles. The molecule has 96 valence electrons. The van der Waals surface area contributed by atoms with Gasteiger partial charge in [-0.05, 0) is 25.3 Å². The van der Waals surface area contributed by atoms with E-state index >= 15 is 0 Å². The summed E-state index contributed by atoms with van der Waals surface area (Å²) in [5.74, 6) is 0.572. The van der Waals surface area contributed by atoms with Crippen LogP contribution in [-0.2, 0) is 0 Å². The molecule has 1 amide bonds. The maximum Gasteiger partial charge on any atom is 0.404 e. The number of aliphatic hydroxyl groups excluding tert-OH is 1. The number of unbranched alkanes of at least 4 members (excludes halogenated alkanes) is 1. The van der Waals surface area contributed by atoms with Crippen molar-refractivity contribution in [2.24, 2.45) is 5.92 Å². The third-order valence-corrected chi connectivity index (χ3v) is 2.29. The van der Waals surface area contributed by atoms with Crippen LogP contribution in [0.5, 0.6) is 0 Å². The molecule has 0 saturated carbocycles. The highest BCUT2D eigenvalue weighted by atomic mass is 16.4. The van der Waals surface area contributed by atoms with Gasteiger partial charge < -0.3 is 20.8 Å². The van der Waals surface area contributed by atoms with E-state index in [1.807, 2.05) is 0 Å². The zero-order valence-corrected chi connectivity index (χ0v) is 10.2. The molecule has 0 aliphatic rings. The molecule has 0 aliphatic carbocycles. The summed E-state index contributed by atoms with van der Waals surface area (Å²) in [5.41, 5.74) is 0. The Hall–Kier alpha value is -0.810. The summed E-state index contributed by atoms with van der Waals surface area (Å²) in [4.78, 5) is 10.2. The van der Waals surface area contributed by atoms with Crippen LogP contribution in [0.15, 0.2) is 0 Å². The van der Waals surface area contributed by atoms with E-state index in [9.17, 15) is 4.79 Å². The van der Waals surface area contributed by atoms with Crippen LogP contribution in [0.3, 0.4) is 0 Å². The first kappa shape index (κ1) is 15.2. The van der Waals surface area contributed by atoms with Gasteiger partial charge in [-0.25, -0.2) is 4.79 Å². The summed E-state index contributed by atoms with van der Waals surface area (Å²) < 4.78 is 0. The lowest BCUT2D eigenvalue weighted by molar-refractivity contribution is 0.194. The number of aliphatic hydroxyl groups is 1. The predicted octanol–water partition coefficient (Wildman–Crippen LogP) is 1.03. The van der Waals surface area contributed by atoms with Crippen LogP contribution in [-0.4, -0.2) is 42.0 Å². The van der Waals surface area contributed by atoms with Gasteiger partial charge in [0.2, 0.25) is 0 Å². The number of carboxylic acid groups (broad SMARTS) is 1. The SMILES string of the molecule is CC(C)CN[C@H](CO)CCCCNC(=O)O. The highest BCUT2D eigenvalue weighted by Gasteiger charge is 2.06. The zero-order chi connectivity index (χ0) is 12.4. The molecule has 16 heavy (non-hydrogen) atoms. The highest BCUT2D eigenvalue weighted by Crippen LogP contribution is 2.01. The molecule has 0 radical (unpaired) electrons. The number of carbonyl (C=O) groups is 1. The summed E-state index contributed by atoms with van der Waals surface area (Å²) in [6.07, 6.45) is 1.63. The van der Waals surface area contributed by atoms with Gasteiger partial charge in [-0.2, -0.15) is 0 Å². The minimum atomic E-state index is -0.975. The van der Waals surface area contributed by atoms with Crippen molar-refractivity contribution >= 4 is 6.09 Å². The van der Waals surface area contributed by atoms with Gasteiger partial charge in [-0.3, -0.25) is 0 Å². The van der Waals surface area contributed by atoms with E-state index in [1.165, 1.54) is 0 Å². The Kier molecular flexibility index (Phi) is 8.94. The molecule has 5 nitrogen and oxygen atoms in total. The topological polar surface area (TPSA) is 81.6 Å². The first-order chi connectivity index (χ1) is 7.56. The van der Waals surface area contributed by atoms with Gasteiger partial charge in [-0.15, -0.1) is 0 Å². The van der Waals surface area contributed by atoms with Crippen molar-refractivity contribution in [3.05, 3.63) is 0 Å². The number of amides is 1. The molecule has 0 aromatic heterocycles. The minimum Gasteiger partial charge on any atom is -0.465 e. The maximum absolute atomic E-state index is 10.2. The fraction of sp³-hybridized carbons (Fsp3) is 0.909. The molecule has 0 aliphatic heterocycles. The van der Waals surface area contributed by atoms with Crippen LogP contribution in [0.2, 0.25) is 0 Å². The van der Waals surface area contributed by atoms with Crippen LogP contribution < -0.4 is 10.6 Å². The molecule has 1 atom stereocenters. The molecule has 0 aromatic rings. The Labute approximate surface area is 97.2 Å². The number of hydrogen-bond acceptors (Lipinski definition) is 3. The van der Waals surface area contributed by atoms with Gasteiger partial charge in [0.1, 0.15) is 0 Å². The number of rotatable bonds is 9. The third kappa shape index (κ3) is 9.73. The van der Waals surface area contributed by atoms with Gasteiger partial charge in [0, 0.05) is 12.6 Å². The van der Waals surface area contributed by atoms with E-state index in [0.717, 1.165) is 25.8 Å². The predicted molar refractivity (Wildman–Crippen MR) is 63.6 cm³/mol. The molecule has 5 heteroatoms. The van der Waals surface area contributed by atoms with Crippen molar-refractivity contribution in [1.82, 2.24) is 10.6 Å². The molecule has 0 rings (SSSR count). The average Bonchev–Trinajstić information content (AvgIpc) is 2.21. The minimum absolute atomic E-state index is 0.132. The van der Waals surface area contributed by atoms with E-state index in [2.05, 4.69) is 24.5 Å². The molecular formula is C11H24N2O3. The van der Waals surface area contributed by atoms with Crippen molar-refractivity contribution < 1.29 is 15.0 Å². The second-order valence-corrected chi connectivity index (χ2v) is 4.41. The zero-order valence-electron chi connectivity index (χ0n) is 10.2. The van der Waals surface area contributed by atoms with Crippen LogP contribution in [0.1, 0.15) is 33.1 Å². The number of hydrogen-bond donors (Lipinski definition) is 4. The van der Waals surface area contributed by atoms with E-state index in [0.29, 0.717) is 12.5 Å². The maximum atomic E-state index is 10.2. The molecule has 0 unspecified atom stereocenters. The van der Waals surface area contributed by atoms with Crippen molar-refractivity contribution in [3.8, 4) is 0 Å². The molecule has 0 spiro atoms. The summed E-state index contributed by atoms with van der Waals surface area (Å²) >= 11 is 0. The Morgan fingerprint density at radius 1 is 1.31 bits per heavy atom. The van der Waals surface area contributed by atoms with Gasteiger partial charge >= 0.3 is 6.09 Å². The highest BCUT2D eigenvalue weighted by molar-refractivity contribution is 5.64. The molecule has 0 bridgehead atoms. The summed E-state index contributed by atoms with van der Waals surface area (Å²) in [6, 6.07) is 0.132. The average molecular weight is 232 g/mol. The summed E-state index contributed by atoms with van der Waals surface area (Å²) in [5, 5.41) is 23.1.